The molecule has 0 aliphatic heterocycles. The second-order valence-corrected chi connectivity index (χ2v) is 10.4. The van der Waals surface area contributed by atoms with Gasteiger partial charge in [0.25, 0.3) is 0 Å². The molecule has 0 radical (unpaired) electrons. The third kappa shape index (κ3) is 24.1. The summed E-state index contributed by atoms with van der Waals surface area (Å²) in [6.45, 7) is 9.56. The lowest BCUT2D eigenvalue weighted by atomic mass is 9.95. The van der Waals surface area contributed by atoms with Gasteiger partial charge in [0.15, 0.2) is 0 Å². The van der Waals surface area contributed by atoms with Crippen LogP contribution in [0.15, 0.2) is 0 Å². The molecule has 0 aromatic rings. The van der Waals surface area contributed by atoms with Crippen LogP contribution >= 0.6 is 0 Å². The van der Waals surface area contributed by atoms with E-state index in [4.69, 9.17) is 0 Å². The van der Waals surface area contributed by atoms with Crippen molar-refractivity contribution in [2.24, 2.45) is 11.8 Å². The maximum absolute atomic E-state index is 2.49. The third-order valence-electron chi connectivity index (χ3n) is 6.99. The molecule has 0 aromatic heterocycles. The van der Waals surface area contributed by atoms with Gasteiger partial charge in [0.1, 0.15) is 0 Å². The van der Waals surface area contributed by atoms with Crippen LogP contribution in [-0.4, -0.2) is 0 Å². The van der Waals surface area contributed by atoms with Gasteiger partial charge in [-0.3, -0.25) is 0 Å². The van der Waals surface area contributed by atoms with Crippen LogP contribution in [0.1, 0.15) is 175 Å². The van der Waals surface area contributed by atoms with E-state index in [2.05, 4.69) is 27.7 Å². The molecule has 0 unspecified atom stereocenters. The molecule has 0 amide bonds. The highest BCUT2D eigenvalue weighted by atomic mass is 14.1. The van der Waals surface area contributed by atoms with Crippen LogP contribution in [0.25, 0.3) is 0 Å². The predicted molar refractivity (Wildman–Crippen MR) is 136 cm³/mol. The minimum atomic E-state index is 0.966. The SMILES string of the molecule is CCCCCCCCCC[C@@H](C)CCCCCCCCCCC[C@@H](C)CCCC. The highest BCUT2D eigenvalue weighted by molar-refractivity contribution is 4.57. The zero-order valence-electron chi connectivity index (χ0n) is 21.4. The second kappa shape index (κ2) is 24.3. The average Bonchev–Trinajstić information content (AvgIpc) is 2.72. The van der Waals surface area contributed by atoms with E-state index in [1.54, 1.807) is 0 Å². The van der Waals surface area contributed by atoms with E-state index in [9.17, 15) is 0 Å². The number of hydrogen-bond acceptors (Lipinski definition) is 0. The first-order valence-corrected chi connectivity index (χ1v) is 14.2. The first-order chi connectivity index (χ1) is 14.2. The Hall–Kier alpha value is 0. The predicted octanol–water partition coefficient (Wildman–Crippen LogP) is 11.3. The van der Waals surface area contributed by atoms with Crippen molar-refractivity contribution in [1.82, 2.24) is 0 Å². The van der Waals surface area contributed by atoms with E-state index in [1.807, 2.05) is 0 Å². The zero-order chi connectivity index (χ0) is 21.4. The number of hydrogen-bond donors (Lipinski definition) is 0. The molecule has 0 saturated heterocycles. The lowest BCUT2D eigenvalue weighted by Gasteiger charge is -2.11. The lowest BCUT2D eigenvalue weighted by molar-refractivity contribution is 0.428. The van der Waals surface area contributed by atoms with E-state index in [0.29, 0.717) is 0 Å². The third-order valence-corrected chi connectivity index (χ3v) is 6.99. The Morgan fingerprint density at radius 3 is 0.862 bits per heavy atom. The molecule has 29 heavy (non-hydrogen) atoms. The number of rotatable bonds is 24. The fourth-order valence-electron chi connectivity index (χ4n) is 4.69. The fraction of sp³-hybridized carbons (Fsp3) is 1.00. The molecule has 176 valence electrons. The molecule has 2 atom stereocenters. The second-order valence-electron chi connectivity index (χ2n) is 10.4. The quantitative estimate of drug-likeness (QED) is 0.139. The molecule has 0 N–H and O–H groups in total. The van der Waals surface area contributed by atoms with E-state index < -0.39 is 0 Å². The van der Waals surface area contributed by atoms with Crippen molar-refractivity contribution in [1.29, 1.82) is 0 Å². The Morgan fingerprint density at radius 1 is 0.310 bits per heavy atom. The van der Waals surface area contributed by atoms with Crippen LogP contribution in [0.4, 0.5) is 0 Å². The molecule has 0 fully saturated rings. The van der Waals surface area contributed by atoms with Crippen molar-refractivity contribution in [3.8, 4) is 0 Å². The molecule has 0 rings (SSSR count). The maximum Gasteiger partial charge on any atom is -0.0443 e. The number of unbranched alkanes of at least 4 members (excludes halogenated alkanes) is 16. The summed E-state index contributed by atoms with van der Waals surface area (Å²) in [6.07, 6.45) is 33.7. The summed E-state index contributed by atoms with van der Waals surface area (Å²) in [6, 6.07) is 0. The topological polar surface area (TPSA) is 0 Å². The van der Waals surface area contributed by atoms with Crippen molar-refractivity contribution in [3.63, 3.8) is 0 Å². The summed E-state index contributed by atoms with van der Waals surface area (Å²) in [5.41, 5.74) is 0. The molecule has 0 heterocycles. The van der Waals surface area contributed by atoms with Gasteiger partial charge < -0.3 is 0 Å². The molecule has 0 bridgehead atoms. The summed E-state index contributed by atoms with van der Waals surface area (Å²) >= 11 is 0. The van der Waals surface area contributed by atoms with Crippen molar-refractivity contribution in [2.75, 3.05) is 0 Å². The summed E-state index contributed by atoms with van der Waals surface area (Å²) in [4.78, 5) is 0. The molecule has 0 saturated carbocycles. The zero-order valence-corrected chi connectivity index (χ0v) is 21.4. The van der Waals surface area contributed by atoms with Gasteiger partial charge in [-0.2, -0.15) is 0 Å². The maximum atomic E-state index is 2.49. The van der Waals surface area contributed by atoms with Gasteiger partial charge in [-0.05, 0) is 11.8 Å². The van der Waals surface area contributed by atoms with Gasteiger partial charge >= 0.3 is 0 Å². The van der Waals surface area contributed by atoms with Gasteiger partial charge in [0.05, 0.1) is 0 Å². The van der Waals surface area contributed by atoms with E-state index in [-0.39, 0.29) is 0 Å². The molecule has 0 heteroatoms. The van der Waals surface area contributed by atoms with Gasteiger partial charge in [-0.1, -0.05) is 175 Å². The minimum Gasteiger partial charge on any atom is -0.0654 e. The monoisotopic (exact) mass is 408 g/mol. The summed E-state index contributed by atoms with van der Waals surface area (Å²) in [7, 11) is 0. The molecule has 0 nitrogen and oxygen atoms in total. The van der Waals surface area contributed by atoms with Crippen LogP contribution in [-0.2, 0) is 0 Å². The molecular weight excluding hydrogens is 348 g/mol. The van der Waals surface area contributed by atoms with Gasteiger partial charge in [0.2, 0.25) is 0 Å². The van der Waals surface area contributed by atoms with Gasteiger partial charge in [-0.25, -0.2) is 0 Å². The van der Waals surface area contributed by atoms with Gasteiger partial charge in [-0.15, -0.1) is 0 Å². The van der Waals surface area contributed by atoms with Crippen LogP contribution in [0.5, 0.6) is 0 Å². The van der Waals surface area contributed by atoms with E-state index in [0.717, 1.165) is 11.8 Å². The van der Waals surface area contributed by atoms with Gasteiger partial charge in [0, 0.05) is 0 Å². The lowest BCUT2D eigenvalue weighted by Crippen LogP contribution is -1.95. The average molecular weight is 409 g/mol. The Labute approximate surface area is 187 Å². The summed E-state index contributed by atoms with van der Waals surface area (Å²) in [5, 5.41) is 0. The van der Waals surface area contributed by atoms with Crippen LogP contribution in [0.3, 0.4) is 0 Å². The largest absolute Gasteiger partial charge is 0.0654 e. The van der Waals surface area contributed by atoms with Crippen molar-refractivity contribution < 1.29 is 0 Å². The smallest absolute Gasteiger partial charge is 0.0443 e. The van der Waals surface area contributed by atoms with Crippen LogP contribution in [0, 0.1) is 11.8 Å². The van der Waals surface area contributed by atoms with Crippen LogP contribution < -0.4 is 0 Å². The molecule has 0 spiro atoms. The standard InChI is InChI=1S/C29H60/c1-5-7-9-10-11-15-18-22-26-29(4)27-23-20-17-14-12-13-16-19-21-25-28(3)24-8-6-2/h28-29H,5-27H2,1-4H3/t28-,29+/m0/s1. The molecule has 0 aliphatic carbocycles. The first-order valence-electron chi connectivity index (χ1n) is 14.2. The highest BCUT2D eigenvalue weighted by Gasteiger charge is 2.03. The minimum absolute atomic E-state index is 0.966. The normalized spacial score (nSPS) is 13.7. The van der Waals surface area contributed by atoms with E-state index in [1.165, 1.54) is 148 Å². The fourth-order valence-corrected chi connectivity index (χ4v) is 4.69. The summed E-state index contributed by atoms with van der Waals surface area (Å²) in [5.74, 6) is 1.93. The highest BCUT2D eigenvalue weighted by Crippen LogP contribution is 2.20. The first kappa shape index (κ1) is 29.0. The van der Waals surface area contributed by atoms with E-state index >= 15 is 0 Å². The van der Waals surface area contributed by atoms with Crippen molar-refractivity contribution >= 4 is 0 Å². The Bertz CT molecular complexity index is 282. The van der Waals surface area contributed by atoms with Crippen LogP contribution in [0.2, 0.25) is 0 Å². The Kier molecular flexibility index (Phi) is 24.3. The summed E-state index contributed by atoms with van der Waals surface area (Å²) < 4.78 is 0. The molecule has 0 aromatic carbocycles. The van der Waals surface area contributed by atoms with Crippen molar-refractivity contribution in [3.05, 3.63) is 0 Å². The van der Waals surface area contributed by atoms with Crippen molar-refractivity contribution in [2.45, 2.75) is 175 Å². The Morgan fingerprint density at radius 2 is 0.552 bits per heavy atom. The molecule has 0 aliphatic rings. The Balaban J connectivity index is 3.18. The molecular formula is C29H60.